The SMILES string of the molecule is c1ccc(-c2c3ccccc3c(-c3ccc4c(c3)sc3ccc(-c5ccc6ccc7c(oc8ccc9ccccc9c87)c6c5)cc34)c3ccccc23)cc1. The summed E-state index contributed by atoms with van der Waals surface area (Å²) in [5, 5.41) is 14.8. The monoisotopic (exact) mass is 702 g/mol. The van der Waals surface area contributed by atoms with Crippen molar-refractivity contribution in [3.05, 3.63) is 182 Å². The predicted molar refractivity (Wildman–Crippen MR) is 233 cm³/mol. The molecule has 0 radical (unpaired) electrons. The zero-order valence-electron chi connectivity index (χ0n) is 29.1. The first-order valence-electron chi connectivity index (χ1n) is 18.5. The lowest BCUT2D eigenvalue weighted by Crippen LogP contribution is -1.90. The first-order valence-corrected chi connectivity index (χ1v) is 19.3. The fourth-order valence-electron chi connectivity index (χ4n) is 8.97. The topological polar surface area (TPSA) is 13.1 Å². The Morgan fingerprint density at radius 2 is 0.870 bits per heavy atom. The van der Waals surface area contributed by atoms with Gasteiger partial charge < -0.3 is 4.42 Å². The van der Waals surface area contributed by atoms with Crippen molar-refractivity contribution in [1.82, 2.24) is 0 Å². The number of thiophene rings is 1. The molecule has 0 aliphatic rings. The second-order valence-electron chi connectivity index (χ2n) is 14.4. The van der Waals surface area contributed by atoms with Crippen LogP contribution in [0.15, 0.2) is 186 Å². The number of rotatable bonds is 3. The van der Waals surface area contributed by atoms with Crippen LogP contribution in [0.25, 0.3) is 119 Å². The summed E-state index contributed by atoms with van der Waals surface area (Å²) in [4.78, 5) is 0. The average molecular weight is 703 g/mol. The van der Waals surface area contributed by atoms with E-state index >= 15 is 0 Å². The van der Waals surface area contributed by atoms with Crippen LogP contribution in [0.2, 0.25) is 0 Å². The van der Waals surface area contributed by atoms with Crippen LogP contribution in [-0.4, -0.2) is 0 Å². The highest BCUT2D eigenvalue weighted by Gasteiger charge is 2.18. The highest BCUT2D eigenvalue weighted by atomic mass is 32.1. The van der Waals surface area contributed by atoms with E-state index in [1.807, 2.05) is 11.3 Å². The van der Waals surface area contributed by atoms with E-state index in [0.717, 1.165) is 21.9 Å². The van der Waals surface area contributed by atoms with Gasteiger partial charge in [-0.25, -0.2) is 0 Å². The Bertz CT molecular complexity index is 3440. The maximum atomic E-state index is 6.61. The van der Waals surface area contributed by atoms with Crippen molar-refractivity contribution in [2.24, 2.45) is 0 Å². The van der Waals surface area contributed by atoms with Crippen molar-refractivity contribution in [3.63, 3.8) is 0 Å². The van der Waals surface area contributed by atoms with Crippen molar-refractivity contribution in [2.45, 2.75) is 0 Å². The van der Waals surface area contributed by atoms with Crippen LogP contribution in [0.4, 0.5) is 0 Å². The minimum Gasteiger partial charge on any atom is -0.455 e. The van der Waals surface area contributed by atoms with Gasteiger partial charge >= 0.3 is 0 Å². The fraction of sp³-hybridized carbons (Fsp3) is 0. The lowest BCUT2D eigenvalue weighted by Gasteiger charge is -2.17. The normalized spacial score (nSPS) is 12.1. The van der Waals surface area contributed by atoms with Gasteiger partial charge in [0.15, 0.2) is 0 Å². The first kappa shape index (κ1) is 29.8. The first-order chi connectivity index (χ1) is 26.8. The molecule has 12 aromatic rings. The van der Waals surface area contributed by atoms with E-state index in [4.69, 9.17) is 4.42 Å². The molecule has 0 aliphatic heterocycles. The molecule has 0 N–H and O–H groups in total. The molecule has 0 bridgehead atoms. The van der Waals surface area contributed by atoms with Crippen molar-refractivity contribution in [1.29, 1.82) is 0 Å². The molecular formula is C52H30OS. The molecule has 54 heavy (non-hydrogen) atoms. The molecule has 0 unspecified atom stereocenters. The van der Waals surface area contributed by atoms with Crippen molar-refractivity contribution < 1.29 is 4.42 Å². The van der Waals surface area contributed by atoms with Crippen LogP contribution < -0.4 is 0 Å². The molecule has 1 nitrogen and oxygen atoms in total. The van der Waals surface area contributed by atoms with E-state index < -0.39 is 0 Å². The van der Waals surface area contributed by atoms with Gasteiger partial charge in [0.05, 0.1) is 0 Å². The molecule has 0 fully saturated rings. The van der Waals surface area contributed by atoms with Gasteiger partial charge in [-0.2, -0.15) is 0 Å². The average Bonchev–Trinajstić information content (AvgIpc) is 3.81. The third-order valence-electron chi connectivity index (χ3n) is 11.4. The van der Waals surface area contributed by atoms with Crippen LogP contribution in [0.5, 0.6) is 0 Å². The van der Waals surface area contributed by atoms with Gasteiger partial charge in [0, 0.05) is 36.3 Å². The summed E-state index contributed by atoms with van der Waals surface area (Å²) >= 11 is 1.88. The molecule has 0 atom stereocenters. The van der Waals surface area contributed by atoms with Crippen LogP contribution in [0.3, 0.4) is 0 Å². The molecule has 0 spiro atoms. The Balaban J connectivity index is 1.01. The Kier molecular flexibility index (Phi) is 6.28. The van der Waals surface area contributed by atoms with Crippen molar-refractivity contribution in [2.75, 3.05) is 0 Å². The molecule has 2 aromatic heterocycles. The van der Waals surface area contributed by atoms with E-state index in [0.29, 0.717) is 0 Å². The van der Waals surface area contributed by atoms with E-state index in [-0.39, 0.29) is 0 Å². The zero-order chi connectivity index (χ0) is 35.3. The minimum absolute atomic E-state index is 0.931. The summed E-state index contributed by atoms with van der Waals surface area (Å²) in [5.41, 5.74) is 9.36. The number of hydrogen-bond acceptors (Lipinski definition) is 2. The van der Waals surface area contributed by atoms with Gasteiger partial charge in [0.1, 0.15) is 11.2 Å². The van der Waals surface area contributed by atoms with E-state index in [2.05, 4.69) is 182 Å². The minimum atomic E-state index is 0.931. The largest absolute Gasteiger partial charge is 0.455 e. The van der Waals surface area contributed by atoms with Crippen LogP contribution >= 0.6 is 11.3 Å². The molecule has 10 aromatic carbocycles. The molecule has 12 rings (SSSR count). The molecular weight excluding hydrogens is 673 g/mol. The van der Waals surface area contributed by atoms with Crippen LogP contribution in [-0.2, 0) is 0 Å². The molecule has 250 valence electrons. The highest BCUT2D eigenvalue weighted by Crippen LogP contribution is 2.46. The number of hydrogen-bond donors (Lipinski definition) is 0. The Labute approximate surface area is 314 Å². The molecule has 0 saturated heterocycles. The van der Waals surface area contributed by atoms with Crippen LogP contribution in [0, 0.1) is 0 Å². The Hall–Kier alpha value is -6.74. The summed E-state index contributed by atoms with van der Waals surface area (Å²) < 4.78 is 9.21. The molecule has 0 aliphatic carbocycles. The number of benzene rings is 10. The van der Waals surface area contributed by atoms with Gasteiger partial charge in [-0.15, -0.1) is 11.3 Å². The maximum absolute atomic E-state index is 6.61. The summed E-state index contributed by atoms with van der Waals surface area (Å²) in [5.74, 6) is 0. The smallest absolute Gasteiger partial charge is 0.143 e. The molecule has 2 heterocycles. The highest BCUT2D eigenvalue weighted by molar-refractivity contribution is 7.25. The third kappa shape index (κ3) is 4.32. The van der Waals surface area contributed by atoms with Crippen LogP contribution in [0.1, 0.15) is 0 Å². The van der Waals surface area contributed by atoms with E-state index in [1.165, 1.54) is 96.6 Å². The second-order valence-corrected chi connectivity index (χ2v) is 15.5. The summed E-state index contributed by atoms with van der Waals surface area (Å²) in [6.07, 6.45) is 0. The van der Waals surface area contributed by atoms with Gasteiger partial charge in [-0.05, 0) is 107 Å². The fourth-order valence-corrected chi connectivity index (χ4v) is 10.1. The molecule has 2 heteroatoms. The predicted octanol–water partition coefficient (Wildman–Crippen LogP) is 15.6. The lowest BCUT2D eigenvalue weighted by atomic mass is 9.86. The molecule has 0 amide bonds. The summed E-state index contributed by atoms with van der Waals surface area (Å²) in [6.45, 7) is 0. The van der Waals surface area contributed by atoms with E-state index in [1.54, 1.807) is 0 Å². The van der Waals surface area contributed by atoms with E-state index in [9.17, 15) is 0 Å². The second kappa shape index (κ2) is 11.4. The van der Waals surface area contributed by atoms with Gasteiger partial charge in [0.2, 0.25) is 0 Å². The molecule has 0 saturated carbocycles. The van der Waals surface area contributed by atoms with Crippen molar-refractivity contribution >= 4 is 96.5 Å². The number of furan rings is 1. The zero-order valence-corrected chi connectivity index (χ0v) is 30.0. The Morgan fingerprint density at radius 3 is 1.63 bits per heavy atom. The summed E-state index contributed by atoms with van der Waals surface area (Å²) in [7, 11) is 0. The van der Waals surface area contributed by atoms with Crippen molar-refractivity contribution in [3.8, 4) is 33.4 Å². The Morgan fingerprint density at radius 1 is 0.315 bits per heavy atom. The maximum Gasteiger partial charge on any atom is 0.143 e. The van der Waals surface area contributed by atoms with Gasteiger partial charge in [0.25, 0.3) is 0 Å². The quantitative estimate of drug-likeness (QED) is 0.167. The standard InChI is InChI=1S/C52H30OS/c1-2-11-33(12-3-1)49-39-14-6-8-16-41(39)50(42-17-9-7-15-40(42)49)36-21-24-38-45-29-35(23-27-47(45)54-48(38)30-36)34-19-18-32-20-25-43-51-37-13-5-4-10-31(37)22-26-46(51)53-52(43)44(32)28-34/h1-30H. The van der Waals surface area contributed by atoms with Gasteiger partial charge in [-0.3, -0.25) is 0 Å². The van der Waals surface area contributed by atoms with Gasteiger partial charge in [-0.1, -0.05) is 146 Å². The third-order valence-corrected chi connectivity index (χ3v) is 12.6. The lowest BCUT2D eigenvalue weighted by molar-refractivity contribution is 0.673. The number of fused-ring (bicyclic) bond motifs is 12. The summed E-state index contributed by atoms with van der Waals surface area (Å²) in [6, 6.07) is 66.7.